The maximum Gasteiger partial charge on any atom is 0.270 e. The molecule has 4 rings (SSSR count). The summed E-state index contributed by atoms with van der Waals surface area (Å²) < 4.78 is 0.936. The minimum atomic E-state index is -0.530. The number of fused-ring (bicyclic) bond motifs is 1. The smallest absolute Gasteiger partial charge is 0.270 e. The summed E-state index contributed by atoms with van der Waals surface area (Å²) in [7, 11) is 0. The van der Waals surface area contributed by atoms with E-state index >= 15 is 0 Å². The van der Waals surface area contributed by atoms with Crippen LogP contribution in [-0.2, 0) is 0 Å². The molecule has 4 aromatic rings. The molecule has 0 radical (unpaired) electrons. The molecule has 142 valence electrons. The van der Waals surface area contributed by atoms with Crippen molar-refractivity contribution in [1.82, 2.24) is 4.98 Å². The third kappa shape index (κ3) is 3.90. The van der Waals surface area contributed by atoms with Crippen LogP contribution < -0.4 is 0 Å². The number of carbonyl (C=O) groups excluding carboxylic acids is 1. The van der Waals surface area contributed by atoms with Gasteiger partial charge in [-0.2, -0.15) is 0 Å². The summed E-state index contributed by atoms with van der Waals surface area (Å²) in [5.74, 6) is -0.241. The number of rotatable bonds is 5. The Bertz CT molecular complexity index is 1230. The first-order valence-corrected chi connectivity index (χ1v) is 9.49. The molecule has 0 aliphatic heterocycles. The zero-order valence-electron chi connectivity index (χ0n) is 15.0. The van der Waals surface area contributed by atoms with Crippen molar-refractivity contribution < 1.29 is 14.8 Å². The Balaban J connectivity index is 1.85. The van der Waals surface area contributed by atoms with Gasteiger partial charge in [0.2, 0.25) is 0 Å². The van der Waals surface area contributed by atoms with Gasteiger partial charge in [-0.15, -0.1) is 11.3 Å². The van der Waals surface area contributed by atoms with Crippen LogP contribution in [0.2, 0.25) is 0 Å². The summed E-state index contributed by atoms with van der Waals surface area (Å²) in [5, 5.41) is 21.1. The number of Topliss-reactive ketones (excluding diaryl/α,β-unsaturated/α-hetero) is 1. The van der Waals surface area contributed by atoms with E-state index in [1.807, 2.05) is 24.3 Å². The van der Waals surface area contributed by atoms with E-state index in [0.29, 0.717) is 16.1 Å². The lowest BCUT2D eigenvalue weighted by atomic mass is 10.0. The number of nitro groups is 1. The normalized spacial score (nSPS) is 11.5. The first kappa shape index (κ1) is 18.5. The number of phenolic OH excluding ortho intramolecular Hbond substituents is 1. The van der Waals surface area contributed by atoms with Gasteiger partial charge in [0.05, 0.1) is 20.7 Å². The molecule has 0 saturated heterocycles. The summed E-state index contributed by atoms with van der Waals surface area (Å²) in [6.07, 6.45) is 1.68. The third-order valence-electron chi connectivity index (χ3n) is 4.29. The second kappa shape index (κ2) is 7.65. The Kier molecular flexibility index (Phi) is 4.88. The first-order valence-electron chi connectivity index (χ1n) is 8.67. The molecule has 1 N–H and O–H groups in total. The third-order valence-corrected chi connectivity index (χ3v) is 5.36. The first-order chi connectivity index (χ1) is 14.0. The molecular formula is C22H14N2O4S. The predicted octanol–water partition coefficient (Wildman–Crippen LogP) is 5.33. The highest BCUT2D eigenvalue weighted by molar-refractivity contribution is 7.20. The highest BCUT2D eigenvalue weighted by atomic mass is 32.1. The molecule has 0 fully saturated rings. The second-order valence-corrected chi connectivity index (χ2v) is 7.30. The van der Waals surface area contributed by atoms with Gasteiger partial charge < -0.3 is 5.11 Å². The van der Waals surface area contributed by atoms with E-state index in [-0.39, 0.29) is 22.8 Å². The second-order valence-electron chi connectivity index (χ2n) is 6.27. The average Bonchev–Trinajstić information content (AvgIpc) is 3.17. The van der Waals surface area contributed by atoms with E-state index in [2.05, 4.69) is 4.98 Å². The summed E-state index contributed by atoms with van der Waals surface area (Å²) in [6, 6.07) is 19.6. The number of non-ortho nitro benzene ring substituents is 1. The van der Waals surface area contributed by atoms with Crippen LogP contribution >= 0.6 is 11.3 Å². The number of aromatic nitrogens is 1. The number of benzene rings is 3. The number of thiazole rings is 1. The lowest BCUT2D eigenvalue weighted by molar-refractivity contribution is -0.384. The summed E-state index contributed by atoms with van der Waals surface area (Å²) in [6.45, 7) is 0. The van der Waals surface area contributed by atoms with Crippen LogP contribution in [-0.4, -0.2) is 20.8 Å². The Labute approximate surface area is 169 Å². The molecular weight excluding hydrogens is 388 g/mol. The summed E-state index contributed by atoms with van der Waals surface area (Å²) >= 11 is 1.38. The van der Waals surface area contributed by atoms with Crippen molar-refractivity contribution in [3.8, 4) is 5.75 Å². The van der Waals surface area contributed by atoms with Crippen LogP contribution in [0.3, 0.4) is 0 Å². The average molecular weight is 402 g/mol. The topological polar surface area (TPSA) is 93.3 Å². The lowest BCUT2D eigenvalue weighted by Crippen LogP contribution is -2.03. The molecule has 0 spiro atoms. The van der Waals surface area contributed by atoms with Gasteiger partial charge in [-0.3, -0.25) is 14.9 Å². The number of ketones is 1. The Morgan fingerprint density at radius 3 is 2.52 bits per heavy atom. The zero-order valence-corrected chi connectivity index (χ0v) is 15.8. The van der Waals surface area contributed by atoms with Crippen molar-refractivity contribution in [2.24, 2.45) is 0 Å². The molecule has 3 aromatic carbocycles. The summed E-state index contributed by atoms with van der Waals surface area (Å²) in [5.41, 5.74) is 1.87. The monoisotopic (exact) mass is 402 g/mol. The van der Waals surface area contributed by atoms with Crippen LogP contribution in [0.15, 0.2) is 72.8 Å². The molecule has 0 aliphatic rings. The van der Waals surface area contributed by atoms with Gasteiger partial charge in [0.15, 0.2) is 5.78 Å². The molecule has 29 heavy (non-hydrogen) atoms. The number of aromatic hydroxyl groups is 1. The van der Waals surface area contributed by atoms with Gasteiger partial charge in [-0.25, -0.2) is 4.98 Å². The molecule has 0 saturated carbocycles. The minimum absolute atomic E-state index is 0.119. The van der Waals surface area contributed by atoms with Crippen molar-refractivity contribution in [2.45, 2.75) is 0 Å². The Morgan fingerprint density at radius 2 is 1.79 bits per heavy atom. The standard InChI is InChI=1S/C22H14N2O4S/c25-17-10-8-14(9-11-17)12-18(22-23-19-6-1-2-7-20(19)29-22)21(26)15-4-3-5-16(13-15)24(27)28/h1-13,25H/b18-12-. The number of hydrogen-bond donors (Lipinski definition) is 1. The van der Waals surface area contributed by atoms with E-state index in [4.69, 9.17) is 0 Å². The van der Waals surface area contributed by atoms with E-state index in [1.54, 1.807) is 24.3 Å². The molecule has 1 aromatic heterocycles. The molecule has 6 nitrogen and oxygen atoms in total. The number of phenols is 1. The van der Waals surface area contributed by atoms with Crippen molar-refractivity contribution in [3.63, 3.8) is 0 Å². The quantitative estimate of drug-likeness (QED) is 0.211. The fraction of sp³-hybridized carbons (Fsp3) is 0. The lowest BCUT2D eigenvalue weighted by Gasteiger charge is -2.05. The van der Waals surface area contributed by atoms with Crippen molar-refractivity contribution >= 4 is 44.7 Å². The number of para-hydroxylation sites is 1. The molecule has 0 amide bonds. The van der Waals surface area contributed by atoms with E-state index < -0.39 is 4.92 Å². The van der Waals surface area contributed by atoms with Crippen molar-refractivity contribution in [3.05, 3.63) is 99.0 Å². The number of hydrogen-bond acceptors (Lipinski definition) is 6. The van der Waals surface area contributed by atoms with E-state index in [1.165, 1.54) is 41.7 Å². The highest BCUT2D eigenvalue weighted by Crippen LogP contribution is 2.31. The SMILES string of the molecule is O=C(/C(=C/c1ccc(O)cc1)c1nc2ccccc2s1)c1cccc([N+](=O)[O-])c1. The molecule has 0 aliphatic carbocycles. The number of carbonyl (C=O) groups is 1. The molecule has 0 bridgehead atoms. The van der Waals surface area contributed by atoms with Crippen LogP contribution in [0, 0.1) is 10.1 Å². The van der Waals surface area contributed by atoms with Gasteiger partial charge in [0.1, 0.15) is 10.8 Å². The molecule has 1 heterocycles. The van der Waals surface area contributed by atoms with Crippen LogP contribution in [0.5, 0.6) is 5.75 Å². The fourth-order valence-corrected chi connectivity index (χ4v) is 3.84. The molecule has 0 atom stereocenters. The van der Waals surface area contributed by atoms with Crippen molar-refractivity contribution in [2.75, 3.05) is 0 Å². The maximum atomic E-state index is 13.3. The number of nitro benzene ring substituents is 1. The fourth-order valence-electron chi connectivity index (χ4n) is 2.87. The Morgan fingerprint density at radius 1 is 1.03 bits per heavy atom. The minimum Gasteiger partial charge on any atom is -0.508 e. The number of nitrogens with zero attached hydrogens (tertiary/aromatic N) is 2. The van der Waals surface area contributed by atoms with Crippen LogP contribution in [0.4, 0.5) is 5.69 Å². The molecule has 7 heteroatoms. The van der Waals surface area contributed by atoms with Crippen LogP contribution in [0.1, 0.15) is 20.9 Å². The zero-order chi connectivity index (χ0) is 20.4. The van der Waals surface area contributed by atoms with Gasteiger partial charge in [0, 0.05) is 17.7 Å². The van der Waals surface area contributed by atoms with E-state index in [0.717, 1.165) is 10.2 Å². The number of allylic oxidation sites excluding steroid dienone is 1. The van der Waals surface area contributed by atoms with Gasteiger partial charge in [-0.05, 0) is 35.9 Å². The summed E-state index contributed by atoms with van der Waals surface area (Å²) in [4.78, 5) is 28.4. The Hall–Kier alpha value is -3.84. The van der Waals surface area contributed by atoms with Gasteiger partial charge in [0.25, 0.3) is 5.69 Å². The molecule has 0 unspecified atom stereocenters. The van der Waals surface area contributed by atoms with E-state index in [9.17, 15) is 20.0 Å². The highest BCUT2D eigenvalue weighted by Gasteiger charge is 2.20. The van der Waals surface area contributed by atoms with Crippen LogP contribution in [0.25, 0.3) is 21.9 Å². The van der Waals surface area contributed by atoms with Gasteiger partial charge >= 0.3 is 0 Å². The van der Waals surface area contributed by atoms with Gasteiger partial charge in [-0.1, -0.05) is 36.4 Å². The van der Waals surface area contributed by atoms with Crippen molar-refractivity contribution in [1.29, 1.82) is 0 Å². The predicted molar refractivity (Wildman–Crippen MR) is 113 cm³/mol. The largest absolute Gasteiger partial charge is 0.508 e. The maximum absolute atomic E-state index is 13.3.